The van der Waals surface area contributed by atoms with Crippen molar-refractivity contribution in [2.75, 3.05) is 26.9 Å². The third-order valence-corrected chi connectivity index (χ3v) is 3.66. The van der Waals surface area contributed by atoms with E-state index in [1.165, 1.54) is 10.5 Å². The van der Waals surface area contributed by atoms with E-state index in [4.69, 9.17) is 0 Å². The first-order valence-corrected chi connectivity index (χ1v) is 7.18. The van der Waals surface area contributed by atoms with E-state index < -0.39 is 0 Å². The Bertz CT molecular complexity index is 380. The Morgan fingerprint density at radius 2 is 2.17 bits per heavy atom. The molecular weight excluding hydrogens is 244 g/mol. The SMILES string of the molecule is CNCc1cccc(SCCCC(=O)N(C)C)c1. The molecule has 0 saturated carbocycles. The number of hydrogen-bond acceptors (Lipinski definition) is 3. The molecule has 1 aromatic rings. The average molecular weight is 266 g/mol. The van der Waals surface area contributed by atoms with E-state index in [9.17, 15) is 4.79 Å². The first-order chi connectivity index (χ1) is 8.63. The van der Waals surface area contributed by atoms with Gasteiger partial charge in [-0.05, 0) is 36.9 Å². The number of hydrogen-bond donors (Lipinski definition) is 1. The third kappa shape index (κ3) is 5.56. The number of nitrogens with one attached hydrogen (secondary N) is 1. The smallest absolute Gasteiger partial charge is 0.222 e. The molecule has 0 unspecified atom stereocenters. The molecule has 0 aliphatic heterocycles. The zero-order chi connectivity index (χ0) is 13.4. The van der Waals surface area contributed by atoms with Gasteiger partial charge < -0.3 is 10.2 Å². The molecule has 0 fully saturated rings. The maximum absolute atomic E-state index is 11.4. The first kappa shape index (κ1) is 15.1. The van der Waals surface area contributed by atoms with Crippen molar-refractivity contribution < 1.29 is 4.79 Å². The van der Waals surface area contributed by atoms with Gasteiger partial charge in [0.15, 0.2) is 0 Å². The van der Waals surface area contributed by atoms with Gasteiger partial charge in [0.25, 0.3) is 0 Å². The number of thioether (sulfide) groups is 1. The van der Waals surface area contributed by atoms with Crippen molar-refractivity contribution in [3.05, 3.63) is 29.8 Å². The highest BCUT2D eigenvalue weighted by molar-refractivity contribution is 7.99. The Labute approximate surface area is 114 Å². The molecule has 0 saturated heterocycles. The third-order valence-electron chi connectivity index (χ3n) is 2.58. The average Bonchev–Trinajstić information content (AvgIpc) is 2.35. The first-order valence-electron chi connectivity index (χ1n) is 6.20. The lowest BCUT2D eigenvalue weighted by Gasteiger charge is -2.09. The monoisotopic (exact) mass is 266 g/mol. The minimum absolute atomic E-state index is 0.208. The van der Waals surface area contributed by atoms with Gasteiger partial charge in [-0.25, -0.2) is 0 Å². The maximum atomic E-state index is 11.4. The Morgan fingerprint density at radius 1 is 1.39 bits per heavy atom. The minimum Gasteiger partial charge on any atom is -0.349 e. The lowest BCUT2D eigenvalue weighted by Crippen LogP contribution is -2.21. The summed E-state index contributed by atoms with van der Waals surface area (Å²) in [4.78, 5) is 14.3. The summed E-state index contributed by atoms with van der Waals surface area (Å²) in [5.41, 5.74) is 1.30. The van der Waals surface area contributed by atoms with Crippen LogP contribution in [-0.4, -0.2) is 37.7 Å². The maximum Gasteiger partial charge on any atom is 0.222 e. The van der Waals surface area contributed by atoms with E-state index in [-0.39, 0.29) is 5.91 Å². The molecule has 1 N–H and O–H groups in total. The summed E-state index contributed by atoms with van der Waals surface area (Å²) in [6.45, 7) is 0.896. The Morgan fingerprint density at radius 3 is 2.83 bits per heavy atom. The number of benzene rings is 1. The van der Waals surface area contributed by atoms with E-state index in [1.807, 2.05) is 18.8 Å². The summed E-state index contributed by atoms with van der Waals surface area (Å²) in [7, 11) is 5.56. The van der Waals surface area contributed by atoms with Crippen LogP contribution in [0.25, 0.3) is 0 Å². The highest BCUT2D eigenvalue weighted by Crippen LogP contribution is 2.20. The van der Waals surface area contributed by atoms with Crippen molar-refractivity contribution in [2.24, 2.45) is 0 Å². The van der Waals surface area contributed by atoms with Crippen LogP contribution in [0.4, 0.5) is 0 Å². The summed E-state index contributed by atoms with van der Waals surface area (Å²) in [5.74, 6) is 1.20. The van der Waals surface area contributed by atoms with Crippen molar-refractivity contribution in [3.8, 4) is 0 Å². The fraction of sp³-hybridized carbons (Fsp3) is 0.500. The van der Waals surface area contributed by atoms with Gasteiger partial charge in [-0.1, -0.05) is 12.1 Å². The highest BCUT2D eigenvalue weighted by atomic mass is 32.2. The second kappa shape index (κ2) is 8.16. The van der Waals surface area contributed by atoms with Gasteiger partial charge in [0.1, 0.15) is 0 Å². The van der Waals surface area contributed by atoms with Gasteiger partial charge in [0.2, 0.25) is 5.91 Å². The van der Waals surface area contributed by atoms with Gasteiger partial charge in [-0.3, -0.25) is 4.79 Å². The highest BCUT2D eigenvalue weighted by Gasteiger charge is 2.03. The molecule has 3 nitrogen and oxygen atoms in total. The van der Waals surface area contributed by atoms with Gasteiger partial charge in [0.05, 0.1) is 0 Å². The van der Waals surface area contributed by atoms with Crippen LogP contribution in [0.3, 0.4) is 0 Å². The van der Waals surface area contributed by atoms with Crippen LogP contribution in [-0.2, 0) is 11.3 Å². The molecule has 0 bridgehead atoms. The molecular formula is C14H22N2OS. The molecule has 1 aromatic carbocycles. The summed E-state index contributed by atoms with van der Waals surface area (Å²) in [6, 6.07) is 8.53. The lowest BCUT2D eigenvalue weighted by atomic mass is 10.2. The van der Waals surface area contributed by atoms with Crippen molar-refractivity contribution in [1.29, 1.82) is 0 Å². The molecule has 0 aliphatic rings. The van der Waals surface area contributed by atoms with E-state index in [2.05, 4.69) is 29.6 Å². The molecule has 1 amide bonds. The normalized spacial score (nSPS) is 10.4. The van der Waals surface area contributed by atoms with Crippen molar-refractivity contribution in [1.82, 2.24) is 10.2 Å². The van der Waals surface area contributed by atoms with Gasteiger partial charge in [0, 0.05) is 32.0 Å². The summed E-state index contributed by atoms with van der Waals surface area (Å²) >= 11 is 1.82. The molecule has 0 aromatic heterocycles. The Hall–Kier alpha value is -1.00. The van der Waals surface area contributed by atoms with Crippen LogP contribution in [0.15, 0.2) is 29.2 Å². The van der Waals surface area contributed by atoms with E-state index in [0.717, 1.165) is 18.7 Å². The second-order valence-electron chi connectivity index (χ2n) is 4.42. The van der Waals surface area contributed by atoms with Gasteiger partial charge >= 0.3 is 0 Å². The Balaban J connectivity index is 2.30. The van der Waals surface area contributed by atoms with Crippen LogP contribution < -0.4 is 5.32 Å². The van der Waals surface area contributed by atoms with Crippen molar-refractivity contribution >= 4 is 17.7 Å². The van der Waals surface area contributed by atoms with Crippen molar-refractivity contribution in [2.45, 2.75) is 24.3 Å². The molecule has 4 heteroatoms. The molecule has 100 valence electrons. The van der Waals surface area contributed by atoms with Crippen LogP contribution in [0, 0.1) is 0 Å². The standard InChI is InChI=1S/C14H22N2OS/c1-15-11-12-6-4-7-13(10-12)18-9-5-8-14(17)16(2)3/h4,6-7,10,15H,5,8-9,11H2,1-3H3. The van der Waals surface area contributed by atoms with Gasteiger partial charge in [-0.2, -0.15) is 0 Å². The van der Waals surface area contributed by atoms with Crippen LogP contribution >= 0.6 is 11.8 Å². The molecule has 0 radical (unpaired) electrons. The predicted octanol–water partition coefficient (Wildman–Crippen LogP) is 2.37. The lowest BCUT2D eigenvalue weighted by molar-refractivity contribution is -0.128. The topological polar surface area (TPSA) is 32.3 Å². The summed E-state index contributed by atoms with van der Waals surface area (Å²) in [6.07, 6.45) is 1.56. The zero-order valence-corrected chi connectivity index (χ0v) is 12.2. The predicted molar refractivity (Wildman–Crippen MR) is 77.9 cm³/mol. The van der Waals surface area contributed by atoms with Crippen LogP contribution in [0.2, 0.25) is 0 Å². The van der Waals surface area contributed by atoms with E-state index in [0.29, 0.717) is 6.42 Å². The number of rotatable bonds is 7. The van der Waals surface area contributed by atoms with Crippen LogP contribution in [0.5, 0.6) is 0 Å². The number of carbonyl (C=O) groups is 1. The molecule has 0 atom stereocenters. The van der Waals surface area contributed by atoms with Crippen molar-refractivity contribution in [3.63, 3.8) is 0 Å². The molecule has 1 rings (SSSR count). The van der Waals surface area contributed by atoms with E-state index >= 15 is 0 Å². The number of carbonyl (C=O) groups excluding carboxylic acids is 1. The molecule has 18 heavy (non-hydrogen) atoms. The van der Waals surface area contributed by atoms with Gasteiger partial charge in [-0.15, -0.1) is 11.8 Å². The minimum atomic E-state index is 0.208. The number of nitrogens with zero attached hydrogens (tertiary/aromatic N) is 1. The summed E-state index contributed by atoms with van der Waals surface area (Å²) < 4.78 is 0. The Kier molecular flexibility index (Phi) is 6.83. The molecule has 0 heterocycles. The molecule has 0 aliphatic carbocycles. The van der Waals surface area contributed by atoms with E-state index in [1.54, 1.807) is 19.0 Å². The fourth-order valence-corrected chi connectivity index (χ4v) is 2.52. The second-order valence-corrected chi connectivity index (χ2v) is 5.59. The zero-order valence-electron chi connectivity index (χ0n) is 11.4. The fourth-order valence-electron chi connectivity index (χ4n) is 1.59. The van der Waals surface area contributed by atoms with Crippen LogP contribution in [0.1, 0.15) is 18.4 Å². The summed E-state index contributed by atoms with van der Waals surface area (Å²) in [5, 5.41) is 3.15. The number of amides is 1. The molecule has 0 spiro atoms. The largest absolute Gasteiger partial charge is 0.349 e. The quantitative estimate of drug-likeness (QED) is 0.607.